The van der Waals surface area contributed by atoms with Gasteiger partial charge in [0.05, 0.1) is 16.8 Å². The number of carbonyl (C=O) groups excluding carboxylic acids is 1. The van der Waals surface area contributed by atoms with E-state index >= 15 is 0 Å². The van der Waals surface area contributed by atoms with Crippen LogP contribution in [0.2, 0.25) is 0 Å². The molecule has 0 aliphatic rings. The molecule has 0 unspecified atom stereocenters. The third-order valence-corrected chi connectivity index (χ3v) is 3.94. The Morgan fingerprint density at radius 3 is 2.68 bits per heavy atom. The summed E-state index contributed by atoms with van der Waals surface area (Å²) in [5, 5.41) is 15.1. The van der Waals surface area contributed by atoms with E-state index in [1.165, 1.54) is 6.07 Å². The van der Waals surface area contributed by atoms with Gasteiger partial charge in [0.25, 0.3) is 5.91 Å². The van der Waals surface area contributed by atoms with Crippen LogP contribution in [-0.2, 0) is 4.74 Å². The Kier molecular flexibility index (Phi) is 7.17. The van der Waals surface area contributed by atoms with Crippen molar-refractivity contribution in [2.75, 3.05) is 25.6 Å². The Balaban J connectivity index is 1.97. The molecule has 0 atom stereocenters. The van der Waals surface area contributed by atoms with Crippen molar-refractivity contribution in [2.24, 2.45) is 0 Å². The van der Waals surface area contributed by atoms with Crippen LogP contribution in [-0.4, -0.2) is 36.4 Å². The third-order valence-electron chi connectivity index (χ3n) is 3.12. The molecule has 6 nitrogen and oxygen atoms in total. The number of hydrogen-bond acceptors (Lipinski definition) is 5. The smallest absolute Gasteiger partial charge is 0.257 e. The van der Waals surface area contributed by atoms with Gasteiger partial charge >= 0.3 is 0 Å². The lowest BCUT2D eigenvalue weighted by Gasteiger charge is -2.12. The van der Waals surface area contributed by atoms with E-state index in [1.807, 2.05) is 0 Å². The highest BCUT2D eigenvalue weighted by molar-refractivity contribution is 9.10. The van der Waals surface area contributed by atoms with Crippen molar-refractivity contribution in [3.8, 4) is 11.5 Å². The van der Waals surface area contributed by atoms with Crippen LogP contribution in [0.4, 0.5) is 5.69 Å². The average Bonchev–Trinajstić information content (AvgIpc) is 2.58. The minimum Gasteiger partial charge on any atom is -0.506 e. The van der Waals surface area contributed by atoms with E-state index in [1.54, 1.807) is 43.5 Å². The Morgan fingerprint density at radius 2 is 2.00 bits per heavy atom. The number of para-hydroxylation sites is 2. The molecule has 25 heavy (non-hydrogen) atoms. The minimum absolute atomic E-state index is 0.0411. The monoisotopic (exact) mass is 424 g/mol. The molecular weight excluding hydrogens is 408 g/mol. The highest BCUT2D eigenvalue weighted by Crippen LogP contribution is 2.26. The summed E-state index contributed by atoms with van der Waals surface area (Å²) in [5.74, 6) is 0.278. The van der Waals surface area contributed by atoms with Crippen molar-refractivity contribution < 1.29 is 19.4 Å². The van der Waals surface area contributed by atoms with E-state index in [-0.39, 0.29) is 16.8 Å². The number of ether oxygens (including phenoxy) is 2. The quantitative estimate of drug-likeness (QED) is 0.375. The molecule has 0 fully saturated rings. The number of aromatic hydroxyl groups is 1. The molecule has 2 rings (SSSR count). The van der Waals surface area contributed by atoms with Crippen LogP contribution in [0.15, 0.2) is 46.9 Å². The van der Waals surface area contributed by atoms with Gasteiger partial charge in [-0.1, -0.05) is 12.1 Å². The van der Waals surface area contributed by atoms with Gasteiger partial charge in [-0.3, -0.25) is 10.1 Å². The molecular formula is C17H17BrN2O4S. The summed E-state index contributed by atoms with van der Waals surface area (Å²) in [6.45, 7) is 0.885. The predicted octanol–water partition coefficient (Wildman–Crippen LogP) is 3.31. The van der Waals surface area contributed by atoms with Gasteiger partial charge in [-0.2, -0.15) is 0 Å². The summed E-state index contributed by atoms with van der Waals surface area (Å²) in [7, 11) is 1.60. The molecule has 0 aromatic heterocycles. The zero-order chi connectivity index (χ0) is 18.2. The molecule has 0 bridgehead atoms. The molecule has 2 aromatic carbocycles. The Labute approximate surface area is 159 Å². The first-order valence-corrected chi connectivity index (χ1v) is 8.53. The van der Waals surface area contributed by atoms with Gasteiger partial charge in [0, 0.05) is 12.7 Å². The highest BCUT2D eigenvalue weighted by atomic mass is 79.9. The lowest BCUT2D eigenvalue weighted by molar-refractivity contribution is 0.0977. The van der Waals surface area contributed by atoms with Crippen LogP contribution < -0.4 is 15.4 Å². The number of thiocarbonyl (C=S) groups is 1. The van der Waals surface area contributed by atoms with Gasteiger partial charge in [0.2, 0.25) is 0 Å². The number of amides is 1. The molecule has 0 aliphatic carbocycles. The molecule has 0 radical (unpaired) electrons. The zero-order valence-corrected chi connectivity index (χ0v) is 15.8. The standard InChI is InChI=1S/C17H17BrN2O4S/c1-23-8-9-24-15-7-6-11(10-12(15)18)16(22)20-17(25)19-13-4-2-3-5-14(13)21/h2-7,10,21H,8-9H2,1H3,(H2,19,20,22,25). The second-order valence-corrected chi connectivity index (χ2v) is 6.17. The fourth-order valence-corrected chi connectivity index (χ4v) is 2.60. The molecule has 0 saturated heterocycles. The van der Waals surface area contributed by atoms with Gasteiger partial charge in [-0.15, -0.1) is 0 Å². The van der Waals surface area contributed by atoms with Crippen molar-refractivity contribution >= 4 is 44.9 Å². The van der Waals surface area contributed by atoms with E-state index in [0.717, 1.165) is 0 Å². The topological polar surface area (TPSA) is 79.8 Å². The Morgan fingerprint density at radius 1 is 1.24 bits per heavy atom. The van der Waals surface area contributed by atoms with Crippen molar-refractivity contribution in [2.45, 2.75) is 0 Å². The van der Waals surface area contributed by atoms with Crippen LogP contribution in [0.25, 0.3) is 0 Å². The Hall–Kier alpha value is -2.16. The van der Waals surface area contributed by atoms with Crippen LogP contribution in [0.3, 0.4) is 0 Å². The first-order chi connectivity index (χ1) is 12.0. The number of benzene rings is 2. The number of anilines is 1. The summed E-state index contributed by atoms with van der Waals surface area (Å²) in [5.41, 5.74) is 0.822. The van der Waals surface area contributed by atoms with Crippen molar-refractivity contribution in [1.82, 2.24) is 5.32 Å². The van der Waals surface area contributed by atoms with E-state index in [0.29, 0.717) is 34.7 Å². The number of phenolic OH excluding ortho intramolecular Hbond substituents is 1. The number of hydrogen-bond donors (Lipinski definition) is 3. The summed E-state index contributed by atoms with van der Waals surface area (Å²) in [6.07, 6.45) is 0. The number of halogens is 1. The van der Waals surface area contributed by atoms with Crippen LogP contribution in [0, 0.1) is 0 Å². The van der Waals surface area contributed by atoms with E-state index in [4.69, 9.17) is 21.7 Å². The number of rotatable bonds is 6. The maximum atomic E-state index is 12.3. The number of methoxy groups -OCH3 is 1. The summed E-state index contributed by atoms with van der Waals surface area (Å²) in [4.78, 5) is 12.3. The lowest BCUT2D eigenvalue weighted by atomic mass is 10.2. The first kappa shape index (κ1) is 19.2. The predicted molar refractivity (Wildman–Crippen MR) is 103 cm³/mol. The fraction of sp³-hybridized carbons (Fsp3) is 0.176. The third kappa shape index (κ3) is 5.70. The lowest BCUT2D eigenvalue weighted by Crippen LogP contribution is -2.34. The molecule has 8 heteroatoms. The molecule has 0 aliphatic heterocycles. The van der Waals surface area contributed by atoms with Gasteiger partial charge in [0.15, 0.2) is 5.11 Å². The van der Waals surface area contributed by atoms with E-state index < -0.39 is 0 Å². The summed E-state index contributed by atoms with van der Waals surface area (Å²) in [6, 6.07) is 11.6. The first-order valence-electron chi connectivity index (χ1n) is 7.33. The number of nitrogens with one attached hydrogen (secondary N) is 2. The number of phenols is 1. The molecule has 132 valence electrons. The van der Waals surface area contributed by atoms with Gasteiger partial charge in [-0.25, -0.2) is 0 Å². The van der Waals surface area contributed by atoms with Crippen molar-refractivity contribution in [3.63, 3.8) is 0 Å². The molecule has 0 saturated carbocycles. The summed E-state index contributed by atoms with van der Waals surface area (Å²) < 4.78 is 11.1. The van der Waals surface area contributed by atoms with Gasteiger partial charge in [0.1, 0.15) is 18.1 Å². The maximum Gasteiger partial charge on any atom is 0.257 e. The average molecular weight is 425 g/mol. The molecule has 0 heterocycles. The van der Waals surface area contributed by atoms with Crippen molar-refractivity contribution in [3.05, 3.63) is 52.5 Å². The van der Waals surface area contributed by atoms with E-state index in [2.05, 4.69) is 26.6 Å². The molecule has 1 amide bonds. The van der Waals surface area contributed by atoms with Crippen LogP contribution >= 0.6 is 28.1 Å². The van der Waals surface area contributed by atoms with Crippen LogP contribution in [0.5, 0.6) is 11.5 Å². The SMILES string of the molecule is COCCOc1ccc(C(=O)NC(=S)Nc2ccccc2O)cc1Br. The molecule has 2 aromatic rings. The highest BCUT2D eigenvalue weighted by Gasteiger charge is 2.12. The molecule has 0 spiro atoms. The maximum absolute atomic E-state index is 12.3. The van der Waals surface area contributed by atoms with E-state index in [9.17, 15) is 9.90 Å². The van der Waals surface area contributed by atoms with Crippen LogP contribution in [0.1, 0.15) is 10.4 Å². The number of carbonyl (C=O) groups is 1. The second kappa shape index (κ2) is 9.36. The Bertz CT molecular complexity index is 770. The fourth-order valence-electron chi connectivity index (χ4n) is 1.90. The molecule has 3 N–H and O–H groups in total. The normalized spacial score (nSPS) is 10.2. The van der Waals surface area contributed by atoms with Gasteiger partial charge in [-0.05, 0) is 58.5 Å². The zero-order valence-electron chi connectivity index (χ0n) is 13.4. The minimum atomic E-state index is -0.378. The second-order valence-electron chi connectivity index (χ2n) is 4.91. The summed E-state index contributed by atoms with van der Waals surface area (Å²) >= 11 is 8.47. The van der Waals surface area contributed by atoms with Gasteiger partial charge < -0.3 is 19.9 Å². The largest absolute Gasteiger partial charge is 0.506 e. The van der Waals surface area contributed by atoms with Crippen molar-refractivity contribution in [1.29, 1.82) is 0 Å².